The van der Waals surface area contributed by atoms with Gasteiger partial charge in [-0.15, -0.1) is 0 Å². The predicted molar refractivity (Wildman–Crippen MR) is 115 cm³/mol. The third-order valence-corrected chi connectivity index (χ3v) is 4.68. The van der Waals surface area contributed by atoms with E-state index >= 15 is 0 Å². The van der Waals surface area contributed by atoms with Gasteiger partial charge in [0.15, 0.2) is 5.11 Å². The Labute approximate surface area is 175 Å². The molecule has 0 saturated carbocycles. The van der Waals surface area contributed by atoms with E-state index in [1.165, 1.54) is 7.11 Å². The summed E-state index contributed by atoms with van der Waals surface area (Å²) in [6.07, 6.45) is 0.223. The number of nitrogens with one attached hydrogen (secondary N) is 2. The summed E-state index contributed by atoms with van der Waals surface area (Å²) in [6.45, 7) is 2.69. The number of carbonyl (C=O) groups excluding carboxylic acids is 2. The number of ether oxygens (including phenoxy) is 2. The summed E-state index contributed by atoms with van der Waals surface area (Å²) in [5.74, 6) is -0.661. The highest BCUT2D eigenvalue weighted by Gasteiger charge is 2.18. The molecular formula is C21H23N3O4S. The molecule has 2 N–H and O–H groups in total. The van der Waals surface area contributed by atoms with E-state index in [-0.39, 0.29) is 17.4 Å². The topological polar surface area (TPSA) is 79.9 Å². The molecule has 1 aliphatic heterocycles. The van der Waals surface area contributed by atoms with Gasteiger partial charge < -0.3 is 25.0 Å². The van der Waals surface area contributed by atoms with Crippen LogP contribution in [0.4, 0.5) is 11.4 Å². The molecule has 1 heterocycles. The van der Waals surface area contributed by atoms with Crippen LogP contribution in [0.25, 0.3) is 0 Å². The molecule has 29 heavy (non-hydrogen) atoms. The molecule has 7 nitrogen and oxygen atoms in total. The SMILES string of the molecule is COC(=O)c1ccc(N2CCOCC2)c(NC(=S)NC(=O)Cc2ccccc2)c1. The minimum atomic E-state index is -0.444. The number of anilines is 2. The quantitative estimate of drug-likeness (QED) is 0.575. The van der Waals surface area contributed by atoms with E-state index < -0.39 is 5.97 Å². The first-order valence-corrected chi connectivity index (χ1v) is 9.67. The summed E-state index contributed by atoms with van der Waals surface area (Å²) < 4.78 is 10.2. The third kappa shape index (κ3) is 5.75. The lowest BCUT2D eigenvalue weighted by Gasteiger charge is -2.31. The smallest absolute Gasteiger partial charge is 0.337 e. The second kappa shape index (κ2) is 9.99. The monoisotopic (exact) mass is 413 g/mol. The molecule has 0 aromatic heterocycles. The maximum Gasteiger partial charge on any atom is 0.337 e. The molecule has 2 aromatic carbocycles. The molecule has 0 aliphatic carbocycles. The van der Waals surface area contributed by atoms with E-state index in [1.807, 2.05) is 36.4 Å². The maximum absolute atomic E-state index is 12.3. The molecule has 2 aromatic rings. The third-order valence-electron chi connectivity index (χ3n) is 4.48. The summed E-state index contributed by atoms with van der Waals surface area (Å²) >= 11 is 5.32. The summed E-state index contributed by atoms with van der Waals surface area (Å²) in [6, 6.07) is 14.6. The van der Waals surface area contributed by atoms with Gasteiger partial charge >= 0.3 is 5.97 Å². The van der Waals surface area contributed by atoms with Crippen molar-refractivity contribution in [3.05, 3.63) is 59.7 Å². The van der Waals surface area contributed by atoms with Gasteiger partial charge in [0.05, 0.1) is 43.7 Å². The molecule has 152 valence electrons. The molecule has 0 radical (unpaired) electrons. The van der Waals surface area contributed by atoms with Crippen molar-refractivity contribution in [2.24, 2.45) is 0 Å². The molecule has 1 aliphatic rings. The molecule has 8 heteroatoms. The molecule has 1 fully saturated rings. The van der Waals surface area contributed by atoms with Gasteiger partial charge in [0.25, 0.3) is 0 Å². The molecule has 3 rings (SSSR count). The van der Waals surface area contributed by atoms with E-state index in [1.54, 1.807) is 12.1 Å². The fourth-order valence-electron chi connectivity index (χ4n) is 3.07. The van der Waals surface area contributed by atoms with Gasteiger partial charge in [-0.1, -0.05) is 30.3 Å². The predicted octanol–water partition coefficient (Wildman–Crippen LogP) is 2.37. The lowest BCUT2D eigenvalue weighted by atomic mass is 10.1. The zero-order valence-electron chi connectivity index (χ0n) is 16.1. The van der Waals surface area contributed by atoms with Crippen molar-refractivity contribution in [2.75, 3.05) is 43.6 Å². The molecule has 0 bridgehead atoms. The van der Waals surface area contributed by atoms with E-state index in [4.69, 9.17) is 21.7 Å². The Balaban J connectivity index is 1.73. The average Bonchev–Trinajstić information content (AvgIpc) is 2.74. The summed E-state index contributed by atoms with van der Waals surface area (Å²) in [7, 11) is 1.33. The Bertz CT molecular complexity index is 883. The number of thiocarbonyl (C=S) groups is 1. The van der Waals surface area contributed by atoms with Gasteiger partial charge in [-0.05, 0) is 36.0 Å². The first-order chi connectivity index (χ1) is 14.1. The van der Waals surface area contributed by atoms with Crippen LogP contribution in [0.3, 0.4) is 0 Å². The van der Waals surface area contributed by atoms with Gasteiger partial charge in [-0.25, -0.2) is 4.79 Å². The van der Waals surface area contributed by atoms with E-state index in [0.717, 1.165) is 24.3 Å². The van der Waals surface area contributed by atoms with Crippen molar-refractivity contribution in [1.82, 2.24) is 5.32 Å². The number of nitrogens with zero attached hydrogens (tertiary/aromatic N) is 1. The summed E-state index contributed by atoms with van der Waals surface area (Å²) in [5.41, 5.74) is 2.79. The molecule has 1 amide bonds. The number of hydrogen-bond acceptors (Lipinski definition) is 6. The molecule has 0 spiro atoms. The van der Waals surface area contributed by atoms with Crippen LogP contribution in [0.1, 0.15) is 15.9 Å². The normalized spacial score (nSPS) is 13.5. The molecular weight excluding hydrogens is 390 g/mol. The van der Waals surface area contributed by atoms with Crippen molar-refractivity contribution in [3.63, 3.8) is 0 Å². The fraction of sp³-hybridized carbons (Fsp3) is 0.286. The van der Waals surface area contributed by atoms with Crippen LogP contribution in [0.2, 0.25) is 0 Å². The van der Waals surface area contributed by atoms with Crippen LogP contribution >= 0.6 is 12.2 Å². The molecule has 0 unspecified atom stereocenters. The molecule has 1 saturated heterocycles. The highest BCUT2D eigenvalue weighted by molar-refractivity contribution is 7.80. The summed E-state index contributed by atoms with van der Waals surface area (Å²) in [5, 5.41) is 5.91. The number of esters is 1. The highest BCUT2D eigenvalue weighted by Crippen LogP contribution is 2.28. The van der Waals surface area contributed by atoms with Crippen LogP contribution in [-0.2, 0) is 20.7 Å². The van der Waals surface area contributed by atoms with E-state index in [0.29, 0.717) is 24.5 Å². The van der Waals surface area contributed by atoms with Gasteiger partial charge in [-0.3, -0.25) is 4.79 Å². The van der Waals surface area contributed by atoms with Crippen molar-refractivity contribution in [1.29, 1.82) is 0 Å². The van der Waals surface area contributed by atoms with Crippen LogP contribution in [0, 0.1) is 0 Å². The Morgan fingerprint density at radius 1 is 1.14 bits per heavy atom. The van der Waals surface area contributed by atoms with E-state index in [2.05, 4.69) is 15.5 Å². The fourth-order valence-corrected chi connectivity index (χ4v) is 3.29. The number of rotatable bonds is 5. The van der Waals surface area contributed by atoms with Gasteiger partial charge in [-0.2, -0.15) is 0 Å². The maximum atomic E-state index is 12.3. The van der Waals surface area contributed by atoms with Crippen LogP contribution in [-0.4, -0.2) is 50.4 Å². The second-order valence-electron chi connectivity index (χ2n) is 6.49. The Morgan fingerprint density at radius 3 is 2.55 bits per heavy atom. The van der Waals surface area contributed by atoms with Gasteiger partial charge in [0.2, 0.25) is 5.91 Å². The molecule has 0 atom stereocenters. The van der Waals surface area contributed by atoms with Crippen LogP contribution in [0.5, 0.6) is 0 Å². The Morgan fingerprint density at radius 2 is 1.86 bits per heavy atom. The first kappa shape index (κ1) is 20.8. The zero-order chi connectivity index (χ0) is 20.6. The number of morpholine rings is 1. The second-order valence-corrected chi connectivity index (χ2v) is 6.90. The van der Waals surface area contributed by atoms with Crippen LogP contribution in [0.15, 0.2) is 48.5 Å². The van der Waals surface area contributed by atoms with Crippen LogP contribution < -0.4 is 15.5 Å². The first-order valence-electron chi connectivity index (χ1n) is 9.26. The largest absolute Gasteiger partial charge is 0.465 e. The highest BCUT2D eigenvalue weighted by atomic mass is 32.1. The van der Waals surface area contributed by atoms with Crippen molar-refractivity contribution in [2.45, 2.75) is 6.42 Å². The minimum Gasteiger partial charge on any atom is -0.465 e. The standard InChI is InChI=1S/C21H23N3O4S/c1-27-20(26)16-7-8-18(24-9-11-28-12-10-24)17(14-16)22-21(29)23-19(25)13-15-5-3-2-4-6-15/h2-8,14H,9-13H2,1H3,(H2,22,23,25,29). The van der Waals surface area contributed by atoms with Gasteiger partial charge in [0.1, 0.15) is 0 Å². The Kier molecular flexibility index (Phi) is 7.15. The van der Waals surface area contributed by atoms with Gasteiger partial charge in [0, 0.05) is 13.1 Å². The van der Waals surface area contributed by atoms with E-state index in [9.17, 15) is 9.59 Å². The lowest BCUT2D eigenvalue weighted by molar-refractivity contribution is -0.119. The number of methoxy groups -OCH3 is 1. The summed E-state index contributed by atoms with van der Waals surface area (Å²) in [4.78, 5) is 26.4. The van der Waals surface area contributed by atoms with Crippen molar-refractivity contribution < 1.29 is 19.1 Å². The van der Waals surface area contributed by atoms with Crippen molar-refractivity contribution >= 4 is 40.6 Å². The number of benzene rings is 2. The number of amides is 1. The lowest BCUT2D eigenvalue weighted by Crippen LogP contribution is -2.38. The minimum absolute atomic E-state index is 0.169. The Hall–Kier alpha value is -2.97. The number of carbonyl (C=O) groups is 2. The zero-order valence-corrected chi connectivity index (χ0v) is 17.0. The van der Waals surface area contributed by atoms with Crippen molar-refractivity contribution in [3.8, 4) is 0 Å². The average molecular weight is 413 g/mol. The number of hydrogen-bond donors (Lipinski definition) is 2.